The van der Waals surface area contributed by atoms with Gasteiger partial charge in [0.1, 0.15) is 17.7 Å². The first kappa shape index (κ1) is 14.4. The summed E-state index contributed by atoms with van der Waals surface area (Å²) in [5.41, 5.74) is -0.487. The second kappa shape index (κ2) is 5.96. The number of aryl methyl sites for hydroxylation is 1. The Balaban J connectivity index is 2.23. The van der Waals surface area contributed by atoms with Crippen molar-refractivity contribution in [3.63, 3.8) is 0 Å². The van der Waals surface area contributed by atoms with Crippen molar-refractivity contribution in [3.8, 4) is 0 Å². The van der Waals surface area contributed by atoms with Crippen LogP contribution >= 0.6 is 0 Å². The van der Waals surface area contributed by atoms with Gasteiger partial charge in [-0.25, -0.2) is 13.6 Å². The summed E-state index contributed by atoms with van der Waals surface area (Å²) < 4.78 is 32.7. The minimum absolute atomic E-state index is 0.235. The van der Waals surface area contributed by atoms with Crippen molar-refractivity contribution in [2.75, 3.05) is 0 Å². The van der Waals surface area contributed by atoms with Crippen LogP contribution in [-0.2, 0) is 13.0 Å². The molecule has 2 rings (SSSR count). The van der Waals surface area contributed by atoms with E-state index in [2.05, 4.69) is 5.10 Å². The predicted octanol–water partition coefficient (Wildman–Crippen LogP) is 1.80. The molecule has 0 aliphatic carbocycles. The molecule has 1 N–H and O–H groups in total. The highest BCUT2D eigenvalue weighted by molar-refractivity contribution is 5.21. The van der Waals surface area contributed by atoms with Crippen LogP contribution in [0, 0.1) is 11.6 Å². The van der Waals surface area contributed by atoms with Crippen LogP contribution in [0.5, 0.6) is 0 Å². The van der Waals surface area contributed by atoms with Gasteiger partial charge in [0.05, 0.1) is 12.1 Å². The van der Waals surface area contributed by atoms with Gasteiger partial charge in [-0.3, -0.25) is 0 Å². The van der Waals surface area contributed by atoms with Gasteiger partial charge in [-0.2, -0.15) is 4.68 Å². The molecule has 0 bridgehead atoms. The van der Waals surface area contributed by atoms with Crippen LogP contribution in [0.15, 0.2) is 27.4 Å². The Kier molecular flexibility index (Phi) is 4.29. The van der Waals surface area contributed by atoms with E-state index in [9.17, 15) is 18.7 Å². The van der Waals surface area contributed by atoms with E-state index in [1.54, 1.807) is 0 Å². The average molecular weight is 284 g/mol. The minimum Gasteiger partial charge on any atom is -0.392 e. The molecule has 1 aromatic carbocycles. The first-order valence-electron chi connectivity index (χ1n) is 6.21. The lowest BCUT2D eigenvalue weighted by atomic mass is 10.1. The molecule has 1 unspecified atom stereocenters. The highest BCUT2D eigenvalue weighted by atomic mass is 19.1. The Hall–Kier alpha value is -2.02. The first-order valence-corrected chi connectivity index (χ1v) is 6.21. The van der Waals surface area contributed by atoms with Crippen molar-refractivity contribution >= 4 is 0 Å². The highest BCUT2D eigenvalue weighted by Crippen LogP contribution is 2.21. The molecule has 20 heavy (non-hydrogen) atoms. The second-order valence-corrected chi connectivity index (χ2v) is 4.34. The van der Waals surface area contributed by atoms with E-state index < -0.39 is 29.1 Å². The summed E-state index contributed by atoms with van der Waals surface area (Å²) in [5.74, 6) is -2.27. The third-order valence-electron chi connectivity index (χ3n) is 2.79. The molecule has 0 aliphatic rings. The summed E-state index contributed by atoms with van der Waals surface area (Å²) in [4.78, 5) is 11.5. The fourth-order valence-electron chi connectivity index (χ4n) is 1.86. The smallest absolute Gasteiger partial charge is 0.392 e. The van der Waals surface area contributed by atoms with Crippen LogP contribution in [0.2, 0.25) is 0 Å². The number of hydrogen-bond acceptors (Lipinski definition) is 4. The van der Waals surface area contributed by atoms with E-state index in [0.29, 0.717) is 6.42 Å². The molecule has 0 aliphatic heterocycles. The molecule has 5 nitrogen and oxygen atoms in total. The lowest BCUT2D eigenvalue weighted by Gasteiger charge is -2.11. The van der Waals surface area contributed by atoms with Crippen LogP contribution in [0.4, 0.5) is 8.78 Å². The van der Waals surface area contributed by atoms with E-state index >= 15 is 0 Å². The summed E-state index contributed by atoms with van der Waals surface area (Å²) >= 11 is 0. The lowest BCUT2D eigenvalue weighted by molar-refractivity contribution is 0.139. The van der Waals surface area contributed by atoms with Gasteiger partial charge in [0.15, 0.2) is 0 Å². The maximum absolute atomic E-state index is 13.5. The van der Waals surface area contributed by atoms with E-state index in [-0.39, 0.29) is 12.4 Å². The van der Waals surface area contributed by atoms with E-state index in [4.69, 9.17) is 4.42 Å². The van der Waals surface area contributed by atoms with Gasteiger partial charge >= 0.3 is 5.76 Å². The van der Waals surface area contributed by atoms with E-state index in [1.807, 2.05) is 6.92 Å². The molecule has 0 saturated heterocycles. The van der Waals surface area contributed by atoms with Gasteiger partial charge in [-0.15, -0.1) is 5.10 Å². The lowest BCUT2D eigenvalue weighted by Crippen LogP contribution is -2.21. The second-order valence-electron chi connectivity index (χ2n) is 4.34. The maximum Gasteiger partial charge on any atom is 0.437 e. The molecule has 0 spiro atoms. The van der Waals surface area contributed by atoms with Crippen molar-refractivity contribution in [3.05, 3.63) is 51.8 Å². The van der Waals surface area contributed by atoms with Crippen LogP contribution in [-0.4, -0.2) is 14.9 Å². The maximum atomic E-state index is 13.5. The van der Waals surface area contributed by atoms with Crippen LogP contribution in [0.3, 0.4) is 0 Å². The first-order chi connectivity index (χ1) is 9.52. The Morgan fingerprint density at radius 1 is 1.40 bits per heavy atom. The summed E-state index contributed by atoms with van der Waals surface area (Å²) in [6.45, 7) is 1.52. The third kappa shape index (κ3) is 2.93. The quantitative estimate of drug-likeness (QED) is 0.909. The monoisotopic (exact) mass is 284 g/mol. The molecule has 1 atom stereocenters. The summed E-state index contributed by atoms with van der Waals surface area (Å²) in [5, 5.41) is 13.7. The van der Waals surface area contributed by atoms with Gasteiger partial charge in [0.2, 0.25) is 5.89 Å². The molecule has 108 valence electrons. The van der Waals surface area contributed by atoms with Crippen molar-refractivity contribution in [1.29, 1.82) is 0 Å². The van der Waals surface area contributed by atoms with Crippen LogP contribution < -0.4 is 5.76 Å². The fraction of sp³-hybridized carbons (Fsp3) is 0.385. The van der Waals surface area contributed by atoms with Gasteiger partial charge in [0, 0.05) is 6.42 Å². The van der Waals surface area contributed by atoms with E-state index in [0.717, 1.165) is 23.2 Å². The van der Waals surface area contributed by atoms with Gasteiger partial charge in [-0.1, -0.05) is 13.0 Å². The third-order valence-corrected chi connectivity index (χ3v) is 2.79. The molecule has 2 aromatic rings. The number of aromatic nitrogens is 2. The zero-order chi connectivity index (χ0) is 14.7. The molecule has 0 radical (unpaired) electrons. The van der Waals surface area contributed by atoms with Gasteiger partial charge in [0.25, 0.3) is 0 Å². The summed E-state index contributed by atoms with van der Waals surface area (Å²) in [6.07, 6.45) is -0.301. The van der Waals surface area contributed by atoms with E-state index in [1.165, 1.54) is 6.07 Å². The highest BCUT2D eigenvalue weighted by Gasteiger charge is 2.20. The number of aliphatic hydroxyl groups excluding tert-OH is 1. The SMILES string of the molecule is CCCc1nn(CC(O)c2c(F)cccc2F)c(=O)o1. The number of benzene rings is 1. The van der Waals surface area contributed by atoms with Crippen molar-refractivity contribution in [1.82, 2.24) is 9.78 Å². The summed E-state index contributed by atoms with van der Waals surface area (Å²) in [7, 11) is 0. The Bertz CT molecular complexity index is 631. The Labute approximate surface area is 113 Å². The average Bonchev–Trinajstić information content (AvgIpc) is 2.70. The predicted molar refractivity (Wildman–Crippen MR) is 66.1 cm³/mol. The molecule has 1 heterocycles. The molecule has 1 aromatic heterocycles. The minimum atomic E-state index is -1.52. The normalized spacial score (nSPS) is 12.6. The number of rotatable bonds is 5. The largest absolute Gasteiger partial charge is 0.437 e. The molecule has 0 amide bonds. The van der Waals surface area contributed by atoms with Gasteiger partial charge in [-0.05, 0) is 18.6 Å². The Morgan fingerprint density at radius 2 is 2.05 bits per heavy atom. The van der Waals surface area contributed by atoms with Crippen LogP contribution in [0.25, 0.3) is 0 Å². The molecule has 0 saturated carbocycles. The molecule has 7 heteroatoms. The topological polar surface area (TPSA) is 68.3 Å². The number of halogens is 2. The number of aliphatic hydroxyl groups is 1. The Morgan fingerprint density at radius 3 is 2.65 bits per heavy atom. The standard InChI is InChI=1S/C13H14F2N2O3/c1-2-4-11-16-17(13(19)20-11)7-10(18)12-8(14)5-3-6-9(12)15/h3,5-6,10,18H,2,4,7H2,1H3. The zero-order valence-electron chi connectivity index (χ0n) is 10.8. The molecular formula is C13H14F2N2O3. The van der Waals surface area contributed by atoms with Crippen LogP contribution in [0.1, 0.15) is 30.9 Å². The number of nitrogens with zero attached hydrogens (tertiary/aromatic N) is 2. The molecular weight excluding hydrogens is 270 g/mol. The zero-order valence-corrected chi connectivity index (χ0v) is 10.8. The molecule has 0 fully saturated rings. The van der Waals surface area contributed by atoms with Crippen molar-refractivity contribution in [2.24, 2.45) is 0 Å². The summed E-state index contributed by atoms with van der Waals surface area (Å²) in [6, 6.07) is 3.27. The fourth-order valence-corrected chi connectivity index (χ4v) is 1.86. The van der Waals surface area contributed by atoms with Crippen molar-refractivity contribution in [2.45, 2.75) is 32.4 Å². The van der Waals surface area contributed by atoms with Crippen molar-refractivity contribution < 1.29 is 18.3 Å². The number of hydrogen-bond donors (Lipinski definition) is 1. The van der Waals surface area contributed by atoms with Gasteiger partial charge < -0.3 is 9.52 Å².